The van der Waals surface area contributed by atoms with Crippen LogP contribution in [0.1, 0.15) is 22.8 Å². The Morgan fingerprint density at radius 3 is 2.56 bits per heavy atom. The van der Waals surface area contributed by atoms with Crippen molar-refractivity contribution < 1.29 is 18.3 Å². The van der Waals surface area contributed by atoms with Gasteiger partial charge in [0.05, 0.1) is 11.3 Å². The molecule has 0 radical (unpaired) electrons. The van der Waals surface area contributed by atoms with E-state index in [0.29, 0.717) is 10.0 Å². The predicted octanol–water partition coefficient (Wildman–Crippen LogP) is 2.08. The third-order valence-electron chi connectivity index (χ3n) is 2.09. The quantitative estimate of drug-likeness (QED) is 0.924. The summed E-state index contributed by atoms with van der Waals surface area (Å²) < 4.78 is 23.2. The normalized spacial score (nSPS) is 11.4. The van der Waals surface area contributed by atoms with Crippen molar-refractivity contribution in [3.05, 3.63) is 33.8 Å². The van der Waals surface area contributed by atoms with Gasteiger partial charge in [-0.3, -0.25) is 0 Å². The maximum absolute atomic E-state index is 11.4. The molecular formula is C10H11BrO4S. The van der Waals surface area contributed by atoms with Crippen molar-refractivity contribution >= 4 is 31.7 Å². The monoisotopic (exact) mass is 306 g/mol. The van der Waals surface area contributed by atoms with Crippen molar-refractivity contribution in [2.45, 2.75) is 12.7 Å². The zero-order valence-corrected chi connectivity index (χ0v) is 11.0. The van der Waals surface area contributed by atoms with Gasteiger partial charge in [-0.25, -0.2) is 13.2 Å². The lowest BCUT2D eigenvalue weighted by Gasteiger charge is -2.04. The molecule has 0 bridgehead atoms. The molecule has 0 saturated heterocycles. The van der Waals surface area contributed by atoms with Gasteiger partial charge < -0.3 is 5.11 Å². The minimum absolute atomic E-state index is 0.0471. The first kappa shape index (κ1) is 13.2. The first-order chi connectivity index (χ1) is 7.35. The number of sulfone groups is 1. The molecule has 16 heavy (non-hydrogen) atoms. The molecule has 6 heteroatoms. The summed E-state index contributed by atoms with van der Waals surface area (Å²) in [7, 11) is -3.14. The minimum atomic E-state index is -3.14. The zero-order chi connectivity index (χ0) is 12.3. The molecule has 1 aromatic rings. The Hall–Kier alpha value is -0.880. The van der Waals surface area contributed by atoms with E-state index in [0.717, 1.165) is 0 Å². The Morgan fingerprint density at radius 2 is 2.06 bits per heavy atom. The van der Waals surface area contributed by atoms with Crippen LogP contribution in [-0.2, 0) is 15.6 Å². The maximum Gasteiger partial charge on any atom is 0.336 e. The summed E-state index contributed by atoms with van der Waals surface area (Å²) >= 11 is 3.10. The fourth-order valence-corrected chi connectivity index (χ4v) is 2.49. The second-order valence-corrected chi connectivity index (χ2v) is 6.50. The lowest BCUT2D eigenvalue weighted by atomic mass is 10.1. The first-order valence-electron chi connectivity index (χ1n) is 4.58. The van der Waals surface area contributed by atoms with Crippen molar-refractivity contribution in [2.75, 3.05) is 5.75 Å². The Balaban J connectivity index is 3.09. The molecule has 88 valence electrons. The molecule has 0 aromatic heterocycles. The molecule has 0 heterocycles. The fourth-order valence-electron chi connectivity index (χ4n) is 1.18. The van der Waals surface area contributed by atoms with Crippen LogP contribution >= 0.6 is 15.9 Å². The van der Waals surface area contributed by atoms with Crippen molar-refractivity contribution in [3.8, 4) is 0 Å². The fraction of sp³-hybridized carbons (Fsp3) is 0.300. The third kappa shape index (κ3) is 3.31. The van der Waals surface area contributed by atoms with E-state index in [4.69, 9.17) is 5.11 Å². The van der Waals surface area contributed by atoms with Gasteiger partial charge in [0.2, 0.25) is 0 Å². The standard InChI is InChI=1S/C10H11BrO4S/c1-2-16(14,15)6-7-3-4-9(11)8(5-7)10(12)13/h3-5H,2,6H2,1H3,(H,12,13). The van der Waals surface area contributed by atoms with E-state index >= 15 is 0 Å². The summed E-state index contributed by atoms with van der Waals surface area (Å²) in [6.45, 7) is 1.56. The smallest absolute Gasteiger partial charge is 0.336 e. The van der Waals surface area contributed by atoms with Crippen LogP contribution < -0.4 is 0 Å². The minimum Gasteiger partial charge on any atom is -0.478 e. The topological polar surface area (TPSA) is 71.4 Å². The highest BCUT2D eigenvalue weighted by atomic mass is 79.9. The molecule has 0 aliphatic rings. The average molecular weight is 307 g/mol. The molecule has 1 rings (SSSR count). The van der Waals surface area contributed by atoms with Gasteiger partial charge in [0, 0.05) is 10.2 Å². The van der Waals surface area contributed by atoms with E-state index in [1.165, 1.54) is 6.07 Å². The van der Waals surface area contributed by atoms with Crippen molar-refractivity contribution in [2.24, 2.45) is 0 Å². The first-order valence-corrected chi connectivity index (χ1v) is 7.19. The molecule has 0 atom stereocenters. The van der Waals surface area contributed by atoms with Gasteiger partial charge in [-0.1, -0.05) is 13.0 Å². The van der Waals surface area contributed by atoms with Crippen LogP contribution in [0.15, 0.2) is 22.7 Å². The van der Waals surface area contributed by atoms with E-state index in [1.54, 1.807) is 19.1 Å². The van der Waals surface area contributed by atoms with Crippen molar-refractivity contribution in [1.29, 1.82) is 0 Å². The summed E-state index contributed by atoms with van der Waals surface area (Å²) in [5.41, 5.74) is 0.561. The molecule has 0 aliphatic heterocycles. The van der Waals surface area contributed by atoms with Crippen LogP contribution in [0.25, 0.3) is 0 Å². The van der Waals surface area contributed by atoms with Crippen LogP contribution in [0.3, 0.4) is 0 Å². The van der Waals surface area contributed by atoms with Gasteiger partial charge in [-0.2, -0.15) is 0 Å². The number of rotatable bonds is 4. The van der Waals surface area contributed by atoms with Crippen LogP contribution in [0.5, 0.6) is 0 Å². The molecule has 4 nitrogen and oxygen atoms in total. The second kappa shape index (κ2) is 4.97. The van der Waals surface area contributed by atoms with E-state index < -0.39 is 15.8 Å². The number of aromatic carboxylic acids is 1. The highest BCUT2D eigenvalue weighted by Crippen LogP contribution is 2.19. The average Bonchev–Trinajstić information content (AvgIpc) is 2.20. The Kier molecular flexibility index (Phi) is 4.09. The Morgan fingerprint density at radius 1 is 1.44 bits per heavy atom. The van der Waals surface area contributed by atoms with E-state index in [9.17, 15) is 13.2 Å². The van der Waals surface area contributed by atoms with Gasteiger partial charge in [0.1, 0.15) is 0 Å². The van der Waals surface area contributed by atoms with Crippen LogP contribution in [0, 0.1) is 0 Å². The molecule has 0 saturated carbocycles. The zero-order valence-electron chi connectivity index (χ0n) is 8.60. The third-order valence-corrected chi connectivity index (χ3v) is 4.43. The van der Waals surface area contributed by atoms with Crippen LogP contribution in [-0.4, -0.2) is 25.2 Å². The highest BCUT2D eigenvalue weighted by molar-refractivity contribution is 9.10. The van der Waals surface area contributed by atoms with Gasteiger partial charge in [0.15, 0.2) is 9.84 Å². The summed E-state index contributed by atoms with van der Waals surface area (Å²) in [5.74, 6) is -1.16. The Bertz CT molecular complexity index is 508. The number of carboxylic acid groups (broad SMARTS) is 1. The molecular weight excluding hydrogens is 296 g/mol. The van der Waals surface area contributed by atoms with Gasteiger partial charge >= 0.3 is 5.97 Å². The molecule has 0 aliphatic carbocycles. The van der Waals surface area contributed by atoms with Gasteiger partial charge in [0.25, 0.3) is 0 Å². The number of carboxylic acids is 1. The SMILES string of the molecule is CCS(=O)(=O)Cc1ccc(Br)c(C(=O)O)c1. The molecule has 0 amide bonds. The number of hydrogen-bond donors (Lipinski definition) is 1. The second-order valence-electron chi connectivity index (χ2n) is 3.30. The van der Waals surface area contributed by atoms with Crippen LogP contribution in [0.4, 0.5) is 0 Å². The molecule has 0 unspecified atom stereocenters. The molecule has 0 fully saturated rings. The number of benzene rings is 1. The van der Waals surface area contributed by atoms with E-state index in [-0.39, 0.29) is 17.1 Å². The molecule has 1 N–H and O–H groups in total. The van der Waals surface area contributed by atoms with E-state index in [2.05, 4.69) is 15.9 Å². The van der Waals surface area contributed by atoms with Crippen LogP contribution in [0.2, 0.25) is 0 Å². The highest BCUT2D eigenvalue weighted by Gasteiger charge is 2.13. The number of carbonyl (C=O) groups is 1. The van der Waals surface area contributed by atoms with E-state index in [1.807, 2.05) is 0 Å². The lowest BCUT2D eigenvalue weighted by Crippen LogP contribution is -2.08. The van der Waals surface area contributed by atoms with Crippen molar-refractivity contribution in [3.63, 3.8) is 0 Å². The lowest BCUT2D eigenvalue weighted by molar-refractivity contribution is 0.0695. The summed E-state index contributed by atoms with van der Waals surface area (Å²) in [6, 6.07) is 4.52. The molecule has 1 aromatic carbocycles. The Labute approximate surface area is 102 Å². The predicted molar refractivity (Wildman–Crippen MR) is 64.3 cm³/mol. The van der Waals surface area contributed by atoms with Gasteiger partial charge in [-0.05, 0) is 33.6 Å². The summed E-state index contributed by atoms with van der Waals surface area (Å²) in [4.78, 5) is 10.8. The van der Waals surface area contributed by atoms with Gasteiger partial charge in [-0.15, -0.1) is 0 Å². The number of hydrogen-bond acceptors (Lipinski definition) is 3. The summed E-state index contributed by atoms with van der Waals surface area (Å²) in [6.07, 6.45) is 0. The van der Waals surface area contributed by atoms with Crippen molar-refractivity contribution in [1.82, 2.24) is 0 Å². The number of halogens is 1. The summed E-state index contributed by atoms with van der Waals surface area (Å²) in [5, 5.41) is 8.87. The largest absolute Gasteiger partial charge is 0.478 e. The maximum atomic E-state index is 11.4. The molecule has 0 spiro atoms.